The van der Waals surface area contributed by atoms with Crippen LogP contribution in [0.4, 0.5) is 0 Å². The van der Waals surface area contributed by atoms with Crippen LogP contribution in [-0.4, -0.2) is 12.2 Å². The van der Waals surface area contributed by atoms with E-state index in [1.807, 2.05) is 6.07 Å². The van der Waals surface area contributed by atoms with Crippen LogP contribution in [-0.2, 0) is 0 Å². The molecule has 1 aliphatic rings. The fraction of sp³-hybridized carbons (Fsp3) is 0.538. The highest BCUT2D eigenvalue weighted by Crippen LogP contribution is 2.41. The summed E-state index contributed by atoms with van der Waals surface area (Å²) in [7, 11) is 1.61. The predicted octanol–water partition coefficient (Wildman–Crippen LogP) is 3.01. The Balaban J connectivity index is 0.00000144. The average Bonchev–Trinajstić information content (AvgIpc) is 2.81. The van der Waals surface area contributed by atoms with Crippen molar-refractivity contribution in [3.8, 4) is 11.5 Å². The van der Waals surface area contributed by atoms with E-state index in [-0.39, 0.29) is 24.2 Å². The van der Waals surface area contributed by atoms with Crippen molar-refractivity contribution >= 4 is 12.4 Å². The van der Waals surface area contributed by atoms with Gasteiger partial charge in [-0.25, -0.2) is 0 Å². The number of ether oxygens (including phenoxy) is 1. The summed E-state index contributed by atoms with van der Waals surface area (Å²) < 4.78 is 5.27. The number of rotatable bonds is 3. The molecule has 1 aromatic rings. The number of phenolic OH excluding ortho intramolecular Hbond substituents is 1. The van der Waals surface area contributed by atoms with E-state index in [0.29, 0.717) is 11.7 Å². The Bertz CT molecular complexity index is 364. The van der Waals surface area contributed by atoms with Gasteiger partial charge in [0, 0.05) is 6.04 Å². The Morgan fingerprint density at radius 3 is 2.59 bits per heavy atom. The highest BCUT2D eigenvalue weighted by atomic mass is 35.5. The molecule has 0 amide bonds. The van der Waals surface area contributed by atoms with Gasteiger partial charge in [0.05, 0.1) is 12.7 Å². The summed E-state index contributed by atoms with van der Waals surface area (Å²) in [5.41, 5.74) is 7.00. The van der Waals surface area contributed by atoms with Crippen LogP contribution < -0.4 is 10.5 Å². The molecular weight excluding hydrogens is 238 g/mol. The van der Waals surface area contributed by atoms with E-state index >= 15 is 0 Å². The monoisotopic (exact) mass is 257 g/mol. The molecule has 0 radical (unpaired) electrons. The van der Waals surface area contributed by atoms with Crippen molar-refractivity contribution in [2.75, 3.05) is 7.11 Å². The van der Waals surface area contributed by atoms with E-state index in [1.54, 1.807) is 19.2 Å². The second kappa shape index (κ2) is 6.12. The lowest BCUT2D eigenvalue weighted by Gasteiger charge is -2.22. The molecule has 0 aromatic heterocycles. The molecule has 2 rings (SSSR count). The highest BCUT2D eigenvalue weighted by molar-refractivity contribution is 5.85. The van der Waals surface area contributed by atoms with E-state index in [2.05, 4.69) is 0 Å². The second-order valence-electron chi connectivity index (χ2n) is 4.46. The maximum Gasteiger partial charge on any atom is 0.127 e. The van der Waals surface area contributed by atoms with E-state index in [4.69, 9.17) is 10.5 Å². The van der Waals surface area contributed by atoms with Crippen molar-refractivity contribution in [1.82, 2.24) is 0 Å². The van der Waals surface area contributed by atoms with Gasteiger partial charge in [0.2, 0.25) is 0 Å². The molecule has 0 spiro atoms. The van der Waals surface area contributed by atoms with Gasteiger partial charge in [-0.3, -0.25) is 0 Å². The van der Waals surface area contributed by atoms with Gasteiger partial charge >= 0.3 is 0 Å². The van der Waals surface area contributed by atoms with Crippen molar-refractivity contribution in [3.63, 3.8) is 0 Å². The average molecular weight is 258 g/mol. The summed E-state index contributed by atoms with van der Waals surface area (Å²) in [6.07, 6.45) is 4.79. The van der Waals surface area contributed by atoms with E-state index < -0.39 is 0 Å². The van der Waals surface area contributed by atoms with Crippen molar-refractivity contribution in [3.05, 3.63) is 23.8 Å². The van der Waals surface area contributed by atoms with E-state index in [9.17, 15) is 5.11 Å². The third-order valence-corrected chi connectivity index (χ3v) is 3.50. The normalized spacial score (nSPS) is 17.5. The molecule has 96 valence electrons. The quantitative estimate of drug-likeness (QED) is 0.875. The first kappa shape index (κ1) is 14.1. The molecule has 1 aromatic carbocycles. The number of phenols is 1. The van der Waals surface area contributed by atoms with Crippen molar-refractivity contribution in [2.24, 2.45) is 11.7 Å². The lowest BCUT2D eigenvalue weighted by atomic mass is 9.91. The Hall–Kier alpha value is -0.930. The largest absolute Gasteiger partial charge is 0.507 e. The fourth-order valence-corrected chi connectivity index (χ4v) is 2.60. The first-order valence-corrected chi connectivity index (χ1v) is 5.85. The maximum absolute atomic E-state index is 9.89. The molecule has 4 heteroatoms. The summed E-state index contributed by atoms with van der Waals surface area (Å²) >= 11 is 0. The predicted molar refractivity (Wildman–Crippen MR) is 70.8 cm³/mol. The topological polar surface area (TPSA) is 55.5 Å². The van der Waals surface area contributed by atoms with Gasteiger partial charge in [0.25, 0.3) is 0 Å². The summed E-state index contributed by atoms with van der Waals surface area (Å²) in [5, 5.41) is 9.89. The minimum Gasteiger partial charge on any atom is -0.507 e. The number of methoxy groups -OCH3 is 1. The molecule has 0 heterocycles. The fourth-order valence-electron chi connectivity index (χ4n) is 2.60. The molecule has 0 unspecified atom stereocenters. The minimum atomic E-state index is -0.112. The van der Waals surface area contributed by atoms with Crippen LogP contribution >= 0.6 is 12.4 Å². The Kier molecular flexibility index (Phi) is 5.09. The van der Waals surface area contributed by atoms with Gasteiger partial charge in [-0.05, 0) is 30.9 Å². The summed E-state index contributed by atoms with van der Waals surface area (Å²) in [5.74, 6) is 1.42. The smallest absolute Gasteiger partial charge is 0.127 e. The van der Waals surface area contributed by atoms with E-state index in [0.717, 1.165) is 18.4 Å². The van der Waals surface area contributed by atoms with Crippen molar-refractivity contribution in [1.29, 1.82) is 0 Å². The summed E-state index contributed by atoms with van der Waals surface area (Å²) in [6.45, 7) is 0. The third kappa shape index (κ3) is 2.85. The minimum absolute atomic E-state index is 0. The first-order valence-electron chi connectivity index (χ1n) is 5.85. The van der Waals surface area contributed by atoms with Gasteiger partial charge in [0.15, 0.2) is 0 Å². The number of nitrogens with two attached hydrogens (primary N) is 1. The molecule has 0 saturated heterocycles. The van der Waals surface area contributed by atoms with Crippen LogP contribution in [0, 0.1) is 5.92 Å². The van der Waals surface area contributed by atoms with Gasteiger partial charge in [-0.1, -0.05) is 18.9 Å². The Labute approximate surface area is 108 Å². The number of halogens is 1. The number of hydrogen-bond acceptors (Lipinski definition) is 3. The van der Waals surface area contributed by atoms with Crippen LogP contribution in [0.1, 0.15) is 37.3 Å². The lowest BCUT2D eigenvalue weighted by molar-refractivity contribution is 0.368. The third-order valence-electron chi connectivity index (χ3n) is 3.50. The molecule has 17 heavy (non-hydrogen) atoms. The number of benzene rings is 1. The zero-order chi connectivity index (χ0) is 11.5. The molecule has 3 nitrogen and oxygen atoms in total. The Morgan fingerprint density at radius 1 is 1.35 bits per heavy atom. The Morgan fingerprint density at radius 2 is 2.00 bits per heavy atom. The first-order chi connectivity index (χ1) is 7.74. The number of hydrogen-bond donors (Lipinski definition) is 2. The van der Waals surface area contributed by atoms with Gasteiger partial charge < -0.3 is 15.6 Å². The standard InChI is InChI=1S/C13H19NO2.ClH/c1-16-11-8-4-7-10(15)12(11)13(14)9-5-2-3-6-9;/h4,7-9,13,15H,2-3,5-6,14H2,1H3;1H/t13-;/m0./s1. The molecule has 0 aliphatic heterocycles. The van der Waals surface area contributed by atoms with Crippen LogP contribution in [0.3, 0.4) is 0 Å². The zero-order valence-corrected chi connectivity index (χ0v) is 10.9. The summed E-state index contributed by atoms with van der Waals surface area (Å²) in [6, 6.07) is 5.19. The zero-order valence-electron chi connectivity index (χ0n) is 10.1. The molecule has 3 N–H and O–H groups in total. The van der Waals surface area contributed by atoms with Gasteiger partial charge in [-0.2, -0.15) is 0 Å². The molecule has 1 atom stereocenters. The molecule has 1 aliphatic carbocycles. The second-order valence-corrected chi connectivity index (χ2v) is 4.46. The number of aromatic hydroxyl groups is 1. The summed E-state index contributed by atoms with van der Waals surface area (Å²) in [4.78, 5) is 0. The van der Waals surface area contributed by atoms with Gasteiger partial charge in [-0.15, -0.1) is 12.4 Å². The van der Waals surface area contributed by atoms with Crippen LogP contribution in [0.25, 0.3) is 0 Å². The van der Waals surface area contributed by atoms with Crippen LogP contribution in [0.15, 0.2) is 18.2 Å². The van der Waals surface area contributed by atoms with Crippen LogP contribution in [0.2, 0.25) is 0 Å². The SMILES string of the molecule is COc1cccc(O)c1[C@@H](N)C1CCCC1.Cl. The highest BCUT2D eigenvalue weighted by Gasteiger charge is 2.27. The molecule has 1 saturated carbocycles. The van der Waals surface area contributed by atoms with Crippen LogP contribution in [0.5, 0.6) is 11.5 Å². The molecule has 0 bridgehead atoms. The maximum atomic E-state index is 9.89. The molecule has 1 fully saturated rings. The van der Waals surface area contributed by atoms with E-state index in [1.165, 1.54) is 12.8 Å². The van der Waals surface area contributed by atoms with Crippen molar-refractivity contribution in [2.45, 2.75) is 31.7 Å². The lowest BCUT2D eigenvalue weighted by Crippen LogP contribution is -2.20. The van der Waals surface area contributed by atoms with Crippen molar-refractivity contribution < 1.29 is 9.84 Å². The molecular formula is C13H20ClNO2. The van der Waals surface area contributed by atoms with Gasteiger partial charge in [0.1, 0.15) is 11.5 Å².